The third-order valence-corrected chi connectivity index (χ3v) is 6.96. The van der Waals surface area contributed by atoms with Crippen molar-refractivity contribution in [1.29, 1.82) is 0 Å². The highest BCUT2D eigenvalue weighted by atomic mass is 32.2. The number of anilines is 1. The lowest BCUT2D eigenvalue weighted by molar-refractivity contribution is -0.117. The second kappa shape index (κ2) is 9.99. The summed E-state index contributed by atoms with van der Waals surface area (Å²) in [5.74, 6) is -1.40. The lowest BCUT2D eigenvalue weighted by atomic mass is 10.0. The summed E-state index contributed by atoms with van der Waals surface area (Å²) < 4.78 is 49.5. The highest BCUT2D eigenvalue weighted by Crippen LogP contribution is 2.40. The number of ether oxygens (including phenoxy) is 1. The van der Waals surface area contributed by atoms with Crippen molar-refractivity contribution in [2.75, 3.05) is 17.4 Å². The summed E-state index contributed by atoms with van der Waals surface area (Å²) in [4.78, 5) is 11.9. The average Bonchev–Trinajstić information content (AvgIpc) is 3.07. The number of hydrogen-bond donors (Lipinski definition) is 2. The van der Waals surface area contributed by atoms with E-state index in [2.05, 4.69) is 19.2 Å². The van der Waals surface area contributed by atoms with E-state index in [0.717, 1.165) is 34.8 Å². The maximum atomic E-state index is 15.9. The largest absolute Gasteiger partial charge is 0.487 e. The van der Waals surface area contributed by atoms with Crippen LogP contribution in [0.25, 0.3) is 10.8 Å². The maximum absolute atomic E-state index is 15.9. The van der Waals surface area contributed by atoms with Crippen LogP contribution >= 0.6 is 0 Å². The van der Waals surface area contributed by atoms with Crippen molar-refractivity contribution in [3.63, 3.8) is 0 Å². The molecule has 7 nitrogen and oxygen atoms in total. The van der Waals surface area contributed by atoms with E-state index in [9.17, 15) is 13.2 Å². The van der Waals surface area contributed by atoms with Crippen LogP contribution in [0.3, 0.4) is 0 Å². The smallest absolute Gasteiger partial charge is 0.326 e. The number of hydrogen-bond acceptors (Lipinski definition) is 5. The fourth-order valence-corrected chi connectivity index (χ4v) is 5.09. The molecule has 1 saturated heterocycles. The predicted octanol–water partition coefficient (Wildman–Crippen LogP) is 3.67. The van der Waals surface area contributed by atoms with Crippen molar-refractivity contribution in [3.8, 4) is 5.75 Å². The van der Waals surface area contributed by atoms with Crippen molar-refractivity contribution < 1.29 is 22.3 Å². The summed E-state index contributed by atoms with van der Waals surface area (Å²) in [6.45, 7) is 4.62. The van der Waals surface area contributed by atoms with Gasteiger partial charge >= 0.3 is 10.2 Å². The van der Waals surface area contributed by atoms with Gasteiger partial charge in [0.1, 0.15) is 24.6 Å². The maximum Gasteiger partial charge on any atom is 0.326 e. The van der Waals surface area contributed by atoms with Crippen LogP contribution in [0, 0.1) is 5.82 Å². The van der Waals surface area contributed by atoms with Crippen molar-refractivity contribution >= 4 is 32.6 Å². The number of fused-ring (bicyclic) bond motifs is 1. The van der Waals surface area contributed by atoms with Crippen molar-refractivity contribution in [2.45, 2.75) is 39.3 Å². The minimum atomic E-state index is -4.22. The van der Waals surface area contributed by atoms with E-state index >= 15 is 4.39 Å². The van der Waals surface area contributed by atoms with Crippen molar-refractivity contribution in [1.82, 2.24) is 10.0 Å². The fourth-order valence-electron chi connectivity index (χ4n) is 3.93. The van der Waals surface area contributed by atoms with Gasteiger partial charge in [-0.3, -0.25) is 4.79 Å². The Hall–Kier alpha value is -3.17. The molecule has 1 amide bonds. The number of carbonyl (C=O) groups excluding carboxylic acids is 1. The molecule has 0 saturated carbocycles. The first-order valence-corrected chi connectivity index (χ1v) is 12.7. The number of aryl methyl sites for hydroxylation is 1. The third-order valence-electron chi connectivity index (χ3n) is 5.58. The fraction of sp³-hybridized carbons (Fsp3) is 0.320. The molecule has 1 aliphatic heterocycles. The van der Waals surface area contributed by atoms with Gasteiger partial charge in [0.05, 0.1) is 0 Å². The van der Waals surface area contributed by atoms with Gasteiger partial charge in [-0.2, -0.15) is 8.42 Å². The zero-order chi connectivity index (χ0) is 24.3. The topological polar surface area (TPSA) is 87.7 Å². The summed E-state index contributed by atoms with van der Waals surface area (Å²) in [6.07, 6.45) is 1.63. The van der Waals surface area contributed by atoms with Crippen molar-refractivity contribution in [2.24, 2.45) is 0 Å². The van der Waals surface area contributed by atoms with Crippen LogP contribution in [-0.4, -0.2) is 33.5 Å². The second-order valence-electron chi connectivity index (χ2n) is 8.62. The molecule has 0 bridgehead atoms. The van der Waals surface area contributed by atoms with Gasteiger partial charge in [-0.15, -0.1) is 0 Å². The molecule has 9 heteroatoms. The number of nitrogens with zero attached hydrogens (tertiary/aromatic N) is 1. The Kier molecular flexibility index (Phi) is 7.04. The lowest BCUT2D eigenvalue weighted by Crippen LogP contribution is -2.30. The molecule has 0 spiro atoms. The van der Waals surface area contributed by atoms with E-state index in [-0.39, 0.29) is 23.4 Å². The third kappa shape index (κ3) is 5.31. The quantitative estimate of drug-likeness (QED) is 0.452. The number of nitrogens with one attached hydrogen (secondary N) is 2. The first-order valence-electron chi connectivity index (χ1n) is 11.2. The van der Waals surface area contributed by atoms with Crippen LogP contribution < -0.4 is 19.1 Å². The van der Waals surface area contributed by atoms with Crippen LogP contribution in [0.5, 0.6) is 5.75 Å². The van der Waals surface area contributed by atoms with Gasteiger partial charge in [-0.1, -0.05) is 56.3 Å². The molecule has 1 fully saturated rings. The summed E-state index contributed by atoms with van der Waals surface area (Å²) in [6, 6.07) is 16.8. The van der Waals surface area contributed by atoms with Gasteiger partial charge in [-0.05, 0) is 48.0 Å². The molecule has 0 aromatic heterocycles. The molecule has 1 aliphatic rings. The van der Waals surface area contributed by atoms with Crippen molar-refractivity contribution in [3.05, 3.63) is 71.5 Å². The molecule has 3 aromatic carbocycles. The molecular weight excluding hydrogens is 457 g/mol. The first-order chi connectivity index (χ1) is 16.2. The molecule has 0 radical (unpaired) electrons. The number of benzene rings is 3. The van der Waals surface area contributed by atoms with Gasteiger partial charge < -0.3 is 10.1 Å². The normalized spacial score (nSPS) is 15.2. The predicted molar refractivity (Wildman–Crippen MR) is 131 cm³/mol. The molecule has 0 aliphatic carbocycles. The Labute approximate surface area is 199 Å². The number of halogens is 1. The molecule has 3 aromatic rings. The number of rotatable bonds is 9. The van der Waals surface area contributed by atoms with E-state index < -0.39 is 28.5 Å². The minimum Gasteiger partial charge on any atom is -0.487 e. The molecule has 0 atom stereocenters. The first kappa shape index (κ1) is 24.0. The van der Waals surface area contributed by atoms with Gasteiger partial charge in [0.25, 0.3) is 5.91 Å². The van der Waals surface area contributed by atoms with Crippen LogP contribution in [0.15, 0.2) is 54.6 Å². The number of amides is 1. The van der Waals surface area contributed by atoms with E-state index in [1.165, 1.54) is 0 Å². The molecule has 180 valence electrons. The number of carbonyl (C=O) groups is 1. The van der Waals surface area contributed by atoms with E-state index in [0.29, 0.717) is 11.4 Å². The van der Waals surface area contributed by atoms with Gasteiger partial charge in [0.15, 0.2) is 5.82 Å². The van der Waals surface area contributed by atoms with Gasteiger partial charge in [0.2, 0.25) is 0 Å². The SMILES string of the molecule is CC(C)NCCCc1ccc2cc(OCc3ccccc3)c(N3CC(=O)NS3(=O)=O)c(F)c2c1. The zero-order valence-electron chi connectivity index (χ0n) is 19.2. The molecule has 2 N–H and O–H groups in total. The summed E-state index contributed by atoms with van der Waals surface area (Å²) in [5, 5.41) is 4.23. The van der Waals surface area contributed by atoms with Crippen LogP contribution in [-0.2, 0) is 28.0 Å². The summed E-state index contributed by atoms with van der Waals surface area (Å²) in [5.41, 5.74) is 1.53. The highest BCUT2D eigenvalue weighted by Gasteiger charge is 2.38. The average molecular weight is 486 g/mol. The van der Waals surface area contributed by atoms with Gasteiger partial charge in [-0.25, -0.2) is 13.4 Å². The Bertz CT molecular complexity index is 1300. The van der Waals surface area contributed by atoms with E-state index in [4.69, 9.17) is 4.74 Å². The summed E-state index contributed by atoms with van der Waals surface area (Å²) in [7, 11) is -4.22. The highest BCUT2D eigenvalue weighted by molar-refractivity contribution is 7.92. The Morgan fingerprint density at radius 1 is 1.12 bits per heavy atom. The lowest BCUT2D eigenvalue weighted by Gasteiger charge is -2.21. The Morgan fingerprint density at radius 3 is 2.56 bits per heavy atom. The standard InChI is InChI=1S/C25H28FN3O4S/c1-17(2)27-12-6-9-18-10-11-20-14-22(33-16-19-7-4-3-5-8-19)25(24(26)21(20)13-18)29-15-23(30)28-34(29,31)32/h3-5,7-8,10-11,13-14,17,27H,6,9,12,15-16H2,1-2H3,(H,28,30). The molecule has 34 heavy (non-hydrogen) atoms. The Balaban J connectivity index is 1.72. The van der Waals surface area contributed by atoms with Gasteiger partial charge in [0, 0.05) is 11.4 Å². The van der Waals surface area contributed by atoms with E-state index in [1.54, 1.807) is 12.1 Å². The molecule has 1 heterocycles. The minimum absolute atomic E-state index is 0.0582. The van der Waals surface area contributed by atoms with Crippen LogP contribution in [0.4, 0.5) is 10.1 Å². The molecular formula is C25H28FN3O4S. The van der Waals surface area contributed by atoms with Crippen LogP contribution in [0.1, 0.15) is 31.4 Å². The summed E-state index contributed by atoms with van der Waals surface area (Å²) >= 11 is 0. The second-order valence-corrected chi connectivity index (χ2v) is 10.2. The Morgan fingerprint density at radius 2 is 1.88 bits per heavy atom. The zero-order valence-corrected chi connectivity index (χ0v) is 20.0. The van der Waals surface area contributed by atoms with E-state index in [1.807, 2.05) is 47.2 Å². The van der Waals surface area contributed by atoms with Crippen LogP contribution in [0.2, 0.25) is 0 Å². The monoisotopic (exact) mass is 485 g/mol. The molecule has 4 rings (SSSR count). The molecule has 0 unspecified atom stereocenters.